The van der Waals surface area contributed by atoms with Gasteiger partial charge in [0.05, 0.1) is 11.0 Å². The Labute approximate surface area is 119 Å². The summed E-state index contributed by atoms with van der Waals surface area (Å²) in [5.41, 5.74) is 6.85. The number of anilines is 1. The molecule has 3 nitrogen and oxygen atoms in total. The molecule has 0 radical (unpaired) electrons. The molecule has 0 spiro atoms. The van der Waals surface area contributed by atoms with E-state index in [2.05, 4.69) is 16.7 Å². The zero-order chi connectivity index (χ0) is 13.8. The van der Waals surface area contributed by atoms with Crippen molar-refractivity contribution in [3.05, 3.63) is 30.1 Å². The Hall–Kier alpha value is -1.20. The third kappa shape index (κ3) is 3.42. The van der Waals surface area contributed by atoms with Crippen LogP contribution in [0.4, 0.5) is 10.1 Å². The maximum Gasteiger partial charge on any atom is 0.123 e. The molecule has 5 heteroatoms. The van der Waals surface area contributed by atoms with Crippen molar-refractivity contribution < 1.29 is 4.39 Å². The Kier molecular flexibility index (Phi) is 4.71. The van der Waals surface area contributed by atoms with Crippen molar-refractivity contribution in [2.75, 3.05) is 31.1 Å². The van der Waals surface area contributed by atoms with E-state index in [9.17, 15) is 4.39 Å². The van der Waals surface area contributed by atoms with Gasteiger partial charge in [-0.2, -0.15) is 0 Å². The van der Waals surface area contributed by atoms with Crippen LogP contribution in [-0.2, 0) is 0 Å². The molecule has 1 atom stereocenters. The second-order valence-corrected chi connectivity index (χ2v) is 5.30. The molecule has 1 heterocycles. The second-order valence-electron chi connectivity index (χ2n) is 4.83. The van der Waals surface area contributed by atoms with Gasteiger partial charge in [-0.25, -0.2) is 4.39 Å². The van der Waals surface area contributed by atoms with Crippen molar-refractivity contribution in [2.24, 2.45) is 5.73 Å². The van der Waals surface area contributed by atoms with E-state index in [0.29, 0.717) is 4.99 Å². The molecular weight excluding hydrogens is 261 g/mol. The molecule has 2 N–H and O–H groups in total. The summed E-state index contributed by atoms with van der Waals surface area (Å²) in [6.45, 7) is 5.83. The molecule has 1 fully saturated rings. The molecule has 1 aromatic rings. The highest BCUT2D eigenvalue weighted by atomic mass is 32.1. The third-order valence-corrected chi connectivity index (χ3v) is 3.93. The van der Waals surface area contributed by atoms with Gasteiger partial charge in [-0.1, -0.05) is 19.1 Å². The Morgan fingerprint density at radius 3 is 2.32 bits per heavy atom. The number of nitrogens with two attached hydrogens (primary N) is 1. The van der Waals surface area contributed by atoms with Crippen LogP contribution in [0, 0.1) is 5.82 Å². The van der Waals surface area contributed by atoms with Crippen molar-refractivity contribution in [1.29, 1.82) is 0 Å². The number of thiocarbonyl (C=S) groups is 1. The average Bonchev–Trinajstić information content (AvgIpc) is 2.41. The lowest BCUT2D eigenvalue weighted by atomic mass is 10.1. The molecule has 0 bridgehead atoms. The number of hydrogen-bond donors (Lipinski definition) is 1. The van der Waals surface area contributed by atoms with Crippen LogP contribution in [-0.4, -0.2) is 42.1 Å². The topological polar surface area (TPSA) is 32.5 Å². The van der Waals surface area contributed by atoms with Crippen LogP contribution in [0.3, 0.4) is 0 Å². The minimum atomic E-state index is -0.193. The first-order chi connectivity index (χ1) is 9.11. The number of piperazine rings is 1. The summed E-state index contributed by atoms with van der Waals surface area (Å²) in [6.07, 6.45) is 0.950. The zero-order valence-corrected chi connectivity index (χ0v) is 12.0. The fourth-order valence-electron chi connectivity index (χ4n) is 2.58. The molecular formula is C14H20FN3S. The highest BCUT2D eigenvalue weighted by Gasteiger charge is 2.24. The van der Waals surface area contributed by atoms with E-state index in [4.69, 9.17) is 18.0 Å². The SMILES string of the molecule is CCC(C(N)=S)N1CCN(c2ccc(F)cc2)CC1. The van der Waals surface area contributed by atoms with Gasteiger partial charge in [-0.15, -0.1) is 0 Å². The van der Waals surface area contributed by atoms with Crippen LogP contribution < -0.4 is 10.6 Å². The van der Waals surface area contributed by atoms with Gasteiger partial charge in [0.25, 0.3) is 0 Å². The van der Waals surface area contributed by atoms with Gasteiger partial charge in [0.1, 0.15) is 5.82 Å². The maximum absolute atomic E-state index is 12.9. The van der Waals surface area contributed by atoms with Crippen molar-refractivity contribution in [1.82, 2.24) is 4.90 Å². The largest absolute Gasteiger partial charge is 0.392 e. The van der Waals surface area contributed by atoms with Crippen molar-refractivity contribution in [3.8, 4) is 0 Å². The predicted octanol–water partition coefficient (Wildman–Crippen LogP) is 2.01. The van der Waals surface area contributed by atoms with E-state index in [0.717, 1.165) is 38.3 Å². The number of rotatable bonds is 4. The highest BCUT2D eigenvalue weighted by molar-refractivity contribution is 7.80. The Bertz CT molecular complexity index is 427. The van der Waals surface area contributed by atoms with Gasteiger partial charge < -0.3 is 10.6 Å². The van der Waals surface area contributed by atoms with E-state index in [1.807, 2.05) is 12.1 Å². The zero-order valence-electron chi connectivity index (χ0n) is 11.2. The molecule has 1 aromatic carbocycles. The first-order valence-electron chi connectivity index (χ1n) is 6.65. The summed E-state index contributed by atoms with van der Waals surface area (Å²) < 4.78 is 12.9. The van der Waals surface area contributed by atoms with Crippen molar-refractivity contribution >= 4 is 22.9 Å². The molecule has 1 unspecified atom stereocenters. The maximum atomic E-state index is 12.9. The lowest BCUT2D eigenvalue weighted by Crippen LogP contribution is -2.53. The summed E-state index contributed by atoms with van der Waals surface area (Å²) in [7, 11) is 0. The molecule has 0 aromatic heterocycles. The Balaban J connectivity index is 1.95. The van der Waals surface area contributed by atoms with Gasteiger partial charge >= 0.3 is 0 Å². The number of hydrogen-bond acceptors (Lipinski definition) is 3. The lowest BCUT2D eigenvalue weighted by molar-refractivity contribution is 0.224. The first-order valence-corrected chi connectivity index (χ1v) is 7.06. The number of benzene rings is 1. The van der Waals surface area contributed by atoms with Gasteiger partial charge in [-0.3, -0.25) is 4.90 Å². The second kappa shape index (κ2) is 6.30. The molecule has 1 saturated heterocycles. The monoisotopic (exact) mass is 281 g/mol. The number of halogens is 1. The molecule has 0 aliphatic carbocycles. The van der Waals surface area contributed by atoms with Gasteiger partial charge in [-0.05, 0) is 30.7 Å². The highest BCUT2D eigenvalue weighted by Crippen LogP contribution is 2.18. The third-order valence-electron chi connectivity index (χ3n) is 3.66. The molecule has 19 heavy (non-hydrogen) atoms. The van der Waals surface area contributed by atoms with Gasteiger partial charge in [0.15, 0.2) is 0 Å². The molecule has 1 aliphatic rings. The van der Waals surface area contributed by atoms with Crippen LogP contribution in [0.5, 0.6) is 0 Å². The van der Waals surface area contributed by atoms with E-state index in [-0.39, 0.29) is 11.9 Å². The summed E-state index contributed by atoms with van der Waals surface area (Å²) in [5.74, 6) is -0.193. The van der Waals surface area contributed by atoms with Crippen molar-refractivity contribution in [3.63, 3.8) is 0 Å². The molecule has 1 aliphatic heterocycles. The van der Waals surface area contributed by atoms with E-state index in [1.54, 1.807) is 0 Å². The Morgan fingerprint density at radius 1 is 1.26 bits per heavy atom. The molecule has 0 amide bonds. The molecule has 2 rings (SSSR count). The molecule has 104 valence electrons. The molecule has 0 saturated carbocycles. The van der Waals surface area contributed by atoms with Crippen LogP contribution in [0.25, 0.3) is 0 Å². The normalized spacial score (nSPS) is 18.3. The van der Waals surface area contributed by atoms with E-state index < -0.39 is 0 Å². The fraction of sp³-hybridized carbons (Fsp3) is 0.500. The predicted molar refractivity (Wildman–Crippen MR) is 81.1 cm³/mol. The average molecular weight is 281 g/mol. The standard InChI is InChI=1S/C14H20FN3S/c1-2-13(14(16)19)18-9-7-17(8-10-18)12-5-3-11(15)4-6-12/h3-6,13H,2,7-10H2,1H3,(H2,16,19). The first kappa shape index (κ1) is 14.2. The number of nitrogens with zero attached hydrogens (tertiary/aromatic N) is 2. The Morgan fingerprint density at radius 2 is 1.84 bits per heavy atom. The van der Waals surface area contributed by atoms with Crippen LogP contribution in [0.15, 0.2) is 24.3 Å². The minimum absolute atomic E-state index is 0.193. The lowest BCUT2D eigenvalue weighted by Gasteiger charge is -2.39. The summed E-state index contributed by atoms with van der Waals surface area (Å²) >= 11 is 5.12. The quantitative estimate of drug-likeness (QED) is 0.856. The summed E-state index contributed by atoms with van der Waals surface area (Å²) in [6, 6.07) is 6.87. The summed E-state index contributed by atoms with van der Waals surface area (Å²) in [5, 5.41) is 0. The van der Waals surface area contributed by atoms with Crippen LogP contribution >= 0.6 is 12.2 Å². The summed E-state index contributed by atoms with van der Waals surface area (Å²) in [4.78, 5) is 5.18. The minimum Gasteiger partial charge on any atom is -0.392 e. The smallest absolute Gasteiger partial charge is 0.123 e. The van der Waals surface area contributed by atoms with Crippen LogP contribution in [0.2, 0.25) is 0 Å². The van der Waals surface area contributed by atoms with E-state index >= 15 is 0 Å². The fourth-order valence-corrected chi connectivity index (χ4v) is 2.90. The van der Waals surface area contributed by atoms with Crippen LogP contribution in [0.1, 0.15) is 13.3 Å². The van der Waals surface area contributed by atoms with Gasteiger partial charge in [0.2, 0.25) is 0 Å². The van der Waals surface area contributed by atoms with Crippen molar-refractivity contribution in [2.45, 2.75) is 19.4 Å². The van der Waals surface area contributed by atoms with E-state index in [1.165, 1.54) is 12.1 Å². The van der Waals surface area contributed by atoms with Gasteiger partial charge in [0, 0.05) is 31.9 Å².